The summed E-state index contributed by atoms with van der Waals surface area (Å²) in [6.45, 7) is 4.13. The highest BCUT2D eigenvalue weighted by atomic mass is 79.9. The molecular formula is C11H16BrClN2. The third kappa shape index (κ3) is 3.99. The lowest BCUT2D eigenvalue weighted by atomic mass is 10.2. The van der Waals surface area contributed by atoms with Crippen LogP contribution in [0.15, 0.2) is 16.6 Å². The van der Waals surface area contributed by atoms with Crippen molar-refractivity contribution in [2.75, 3.05) is 11.2 Å². The number of nitrogens with zero attached hydrogens (tertiary/aromatic N) is 1. The van der Waals surface area contributed by atoms with Gasteiger partial charge in [-0.1, -0.05) is 6.92 Å². The van der Waals surface area contributed by atoms with Gasteiger partial charge in [0.05, 0.1) is 5.69 Å². The molecule has 1 aromatic rings. The Balaban J connectivity index is 2.66. The Labute approximate surface area is 105 Å². The molecule has 84 valence electrons. The number of aromatic nitrogens is 1. The van der Waals surface area contributed by atoms with E-state index in [1.807, 2.05) is 19.1 Å². The van der Waals surface area contributed by atoms with Gasteiger partial charge in [-0.15, -0.1) is 11.6 Å². The molecule has 0 saturated carbocycles. The molecule has 0 bridgehead atoms. The molecule has 0 aromatic carbocycles. The molecule has 0 radical (unpaired) electrons. The Hall–Kier alpha value is -0.280. The molecule has 2 nitrogen and oxygen atoms in total. The molecule has 0 aliphatic rings. The average Bonchev–Trinajstić information content (AvgIpc) is 2.23. The first-order valence-electron chi connectivity index (χ1n) is 5.13. The molecule has 1 rings (SSSR count). The number of anilines is 1. The third-order valence-electron chi connectivity index (χ3n) is 2.32. The summed E-state index contributed by atoms with van der Waals surface area (Å²) < 4.78 is 1.04. The van der Waals surface area contributed by atoms with E-state index >= 15 is 0 Å². The van der Waals surface area contributed by atoms with Gasteiger partial charge in [-0.3, -0.25) is 0 Å². The second-order valence-electron chi connectivity index (χ2n) is 3.49. The van der Waals surface area contributed by atoms with Crippen molar-refractivity contribution in [1.82, 2.24) is 4.98 Å². The lowest BCUT2D eigenvalue weighted by Crippen LogP contribution is -2.19. The minimum absolute atomic E-state index is 0.413. The van der Waals surface area contributed by atoms with Crippen molar-refractivity contribution in [2.24, 2.45) is 0 Å². The highest BCUT2D eigenvalue weighted by Crippen LogP contribution is 2.17. The smallest absolute Gasteiger partial charge is 0.126 e. The van der Waals surface area contributed by atoms with Crippen LogP contribution in [0.5, 0.6) is 0 Å². The van der Waals surface area contributed by atoms with Gasteiger partial charge in [-0.05, 0) is 47.8 Å². The molecule has 0 aliphatic heterocycles. The fourth-order valence-corrected chi connectivity index (χ4v) is 1.83. The van der Waals surface area contributed by atoms with E-state index in [1.165, 1.54) is 0 Å². The molecular weight excluding hydrogens is 275 g/mol. The number of hydrogen-bond acceptors (Lipinski definition) is 2. The van der Waals surface area contributed by atoms with Gasteiger partial charge in [0.15, 0.2) is 0 Å². The lowest BCUT2D eigenvalue weighted by Gasteiger charge is -2.16. The summed E-state index contributed by atoms with van der Waals surface area (Å²) in [5.41, 5.74) is 1.00. The molecule has 0 amide bonds. The van der Waals surface area contributed by atoms with Crippen LogP contribution >= 0.6 is 27.5 Å². The maximum Gasteiger partial charge on any atom is 0.126 e. The molecule has 4 heteroatoms. The predicted octanol–water partition coefficient (Wildman–Crippen LogP) is 3.97. The molecule has 1 N–H and O–H groups in total. The predicted molar refractivity (Wildman–Crippen MR) is 69.7 cm³/mol. The number of aryl methyl sites for hydroxylation is 1. The summed E-state index contributed by atoms with van der Waals surface area (Å²) >= 11 is 9.16. The van der Waals surface area contributed by atoms with E-state index in [1.54, 1.807) is 0 Å². The Morgan fingerprint density at radius 2 is 2.27 bits per heavy atom. The van der Waals surface area contributed by atoms with Crippen LogP contribution in [0.1, 0.15) is 25.5 Å². The van der Waals surface area contributed by atoms with Gasteiger partial charge in [-0.2, -0.15) is 0 Å². The van der Waals surface area contributed by atoms with Crippen molar-refractivity contribution in [2.45, 2.75) is 32.7 Å². The third-order valence-corrected chi connectivity index (χ3v) is 3.38. The first kappa shape index (κ1) is 12.8. The highest BCUT2D eigenvalue weighted by Gasteiger charge is 2.06. The number of pyridine rings is 1. The van der Waals surface area contributed by atoms with Crippen LogP contribution in [0.25, 0.3) is 0 Å². The first-order chi connectivity index (χ1) is 7.17. The molecule has 1 aromatic heterocycles. The standard InChI is InChI=1S/C11H16BrClN2/c1-3-9(6-7-13)15-11-5-4-10(12)8(2)14-11/h4-5,9H,3,6-7H2,1-2H3,(H,14,15). The quantitative estimate of drug-likeness (QED) is 0.830. The van der Waals surface area contributed by atoms with Crippen molar-refractivity contribution in [3.05, 3.63) is 22.3 Å². The fourth-order valence-electron chi connectivity index (χ4n) is 1.34. The van der Waals surface area contributed by atoms with Crippen LogP contribution < -0.4 is 5.32 Å². The Kier molecular flexibility index (Phi) is 5.40. The minimum atomic E-state index is 0.413. The Bertz CT molecular complexity index is 317. The summed E-state index contributed by atoms with van der Waals surface area (Å²) in [5.74, 6) is 1.61. The van der Waals surface area contributed by atoms with Gasteiger partial charge in [0.1, 0.15) is 5.82 Å². The van der Waals surface area contributed by atoms with E-state index in [2.05, 4.69) is 33.2 Å². The summed E-state index contributed by atoms with van der Waals surface area (Å²) in [6, 6.07) is 4.40. The van der Waals surface area contributed by atoms with Gasteiger partial charge in [0.2, 0.25) is 0 Å². The minimum Gasteiger partial charge on any atom is -0.367 e. The number of hydrogen-bond donors (Lipinski definition) is 1. The van der Waals surface area contributed by atoms with Gasteiger partial charge in [0.25, 0.3) is 0 Å². The topological polar surface area (TPSA) is 24.9 Å². The van der Waals surface area contributed by atoms with Crippen LogP contribution in [0.3, 0.4) is 0 Å². The Morgan fingerprint density at radius 3 is 2.80 bits per heavy atom. The molecule has 0 spiro atoms. The Morgan fingerprint density at radius 1 is 1.53 bits per heavy atom. The van der Waals surface area contributed by atoms with Gasteiger partial charge in [0, 0.05) is 16.4 Å². The molecule has 1 heterocycles. The van der Waals surface area contributed by atoms with Crippen LogP contribution in [-0.2, 0) is 0 Å². The molecule has 15 heavy (non-hydrogen) atoms. The second kappa shape index (κ2) is 6.33. The molecule has 0 saturated heterocycles. The van der Waals surface area contributed by atoms with Gasteiger partial charge in [-0.25, -0.2) is 4.98 Å². The van der Waals surface area contributed by atoms with Gasteiger partial charge < -0.3 is 5.32 Å². The van der Waals surface area contributed by atoms with Gasteiger partial charge >= 0.3 is 0 Å². The summed E-state index contributed by atoms with van der Waals surface area (Å²) in [6.07, 6.45) is 2.03. The van der Waals surface area contributed by atoms with Crippen LogP contribution in [0, 0.1) is 6.92 Å². The molecule has 0 aliphatic carbocycles. The van der Waals surface area contributed by atoms with Crippen molar-refractivity contribution in [1.29, 1.82) is 0 Å². The molecule has 0 fully saturated rings. The van der Waals surface area contributed by atoms with Crippen molar-refractivity contribution in [3.63, 3.8) is 0 Å². The SMILES string of the molecule is CCC(CCCl)Nc1ccc(Br)c(C)n1. The largest absolute Gasteiger partial charge is 0.367 e. The van der Waals surface area contributed by atoms with Crippen molar-refractivity contribution in [3.8, 4) is 0 Å². The van der Waals surface area contributed by atoms with E-state index in [0.29, 0.717) is 11.9 Å². The van der Waals surface area contributed by atoms with Crippen LogP contribution in [-0.4, -0.2) is 16.9 Å². The van der Waals surface area contributed by atoms with Crippen LogP contribution in [0.4, 0.5) is 5.82 Å². The maximum atomic E-state index is 5.73. The zero-order valence-electron chi connectivity index (χ0n) is 9.06. The number of halogens is 2. The zero-order chi connectivity index (χ0) is 11.3. The molecule has 1 atom stereocenters. The van der Waals surface area contributed by atoms with E-state index in [4.69, 9.17) is 11.6 Å². The summed E-state index contributed by atoms with van der Waals surface area (Å²) in [4.78, 5) is 4.44. The van der Waals surface area contributed by atoms with E-state index in [9.17, 15) is 0 Å². The number of nitrogens with one attached hydrogen (secondary N) is 1. The molecule has 1 unspecified atom stereocenters. The second-order valence-corrected chi connectivity index (χ2v) is 4.72. The van der Waals surface area contributed by atoms with E-state index < -0.39 is 0 Å². The number of rotatable bonds is 5. The maximum absolute atomic E-state index is 5.73. The van der Waals surface area contributed by atoms with Crippen molar-refractivity contribution < 1.29 is 0 Å². The summed E-state index contributed by atoms with van der Waals surface area (Å²) in [5, 5.41) is 3.38. The normalized spacial score (nSPS) is 12.5. The first-order valence-corrected chi connectivity index (χ1v) is 6.45. The lowest BCUT2D eigenvalue weighted by molar-refractivity contribution is 0.671. The van der Waals surface area contributed by atoms with Crippen LogP contribution in [0.2, 0.25) is 0 Å². The van der Waals surface area contributed by atoms with E-state index in [0.717, 1.165) is 28.8 Å². The highest BCUT2D eigenvalue weighted by molar-refractivity contribution is 9.10. The van der Waals surface area contributed by atoms with E-state index in [-0.39, 0.29) is 0 Å². The monoisotopic (exact) mass is 290 g/mol. The summed E-state index contributed by atoms with van der Waals surface area (Å²) in [7, 11) is 0. The average molecular weight is 292 g/mol. The van der Waals surface area contributed by atoms with Crippen molar-refractivity contribution >= 4 is 33.3 Å². The fraction of sp³-hybridized carbons (Fsp3) is 0.545. The zero-order valence-corrected chi connectivity index (χ0v) is 11.4. The number of alkyl halides is 1.